The van der Waals surface area contributed by atoms with Crippen LogP contribution in [0.15, 0.2) is 36.4 Å². The van der Waals surface area contributed by atoms with Crippen molar-refractivity contribution >= 4 is 23.8 Å². The number of fused-ring (bicyclic) bond motifs is 1. The van der Waals surface area contributed by atoms with Gasteiger partial charge in [-0.1, -0.05) is 12.1 Å². The lowest BCUT2D eigenvalue weighted by Crippen LogP contribution is -2.55. The second kappa shape index (κ2) is 10.3. The molecular formula is C30H36F3N5O2. The average Bonchev–Trinajstić information content (AvgIpc) is 3.22. The number of likely N-dealkylation sites (N-methyl/N-ethyl adjacent to an activating group) is 1. The molecule has 3 N–H and O–H groups in total. The minimum atomic E-state index is -4.59. The normalized spacial score (nSPS) is 23.3. The Morgan fingerprint density at radius 2 is 1.98 bits per heavy atom. The largest absolute Gasteiger partial charge is 0.416 e. The van der Waals surface area contributed by atoms with E-state index in [0.29, 0.717) is 30.7 Å². The second-order valence-electron chi connectivity index (χ2n) is 11.5. The lowest BCUT2D eigenvalue weighted by molar-refractivity contribution is -0.138. The SMILES string of the molecule is CCO[C@H]1C[C@](C(=N)N(C)C=N)(c2cccc(N3Cc4c(cc(CNC5(C)CCC5)cc4C(F)(F)F)C3=O)c2)C1. The Bertz CT molecular complexity index is 1330. The molecule has 2 saturated carbocycles. The minimum Gasteiger partial charge on any atom is -0.378 e. The Kier molecular flexibility index (Phi) is 7.29. The molecule has 2 aliphatic carbocycles. The lowest BCUT2D eigenvalue weighted by Gasteiger charge is -2.49. The summed E-state index contributed by atoms with van der Waals surface area (Å²) in [6.07, 6.45) is 0.605. The van der Waals surface area contributed by atoms with Crippen LogP contribution in [0.25, 0.3) is 0 Å². The van der Waals surface area contributed by atoms with Crippen molar-refractivity contribution in [3.05, 3.63) is 64.2 Å². The van der Waals surface area contributed by atoms with Gasteiger partial charge in [-0.3, -0.25) is 15.6 Å². The number of halogens is 3. The molecule has 5 rings (SSSR count). The zero-order valence-electron chi connectivity index (χ0n) is 23.1. The molecule has 0 spiro atoms. The molecule has 214 valence electrons. The molecule has 7 nitrogen and oxygen atoms in total. The van der Waals surface area contributed by atoms with Gasteiger partial charge >= 0.3 is 6.18 Å². The predicted octanol–water partition coefficient (Wildman–Crippen LogP) is 5.85. The Labute approximate surface area is 232 Å². The Balaban J connectivity index is 1.47. The molecule has 0 atom stereocenters. The highest BCUT2D eigenvalue weighted by Gasteiger charge is 2.51. The number of nitrogens with zero attached hydrogens (tertiary/aromatic N) is 2. The Morgan fingerprint density at radius 1 is 1.25 bits per heavy atom. The molecular weight excluding hydrogens is 519 g/mol. The van der Waals surface area contributed by atoms with Gasteiger partial charge in [-0.15, -0.1) is 0 Å². The first-order valence-electron chi connectivity index (χ1n) is 13.8. The second-order valence-corrected chi connectivity index (χ2v) is 11.5. The number of alkyl halides is 3. The van der Waals surface area contributed by atoms with Crippen LogP contribution in [0, 0.1) is 10.8 Å². The van der Waals surface area contributed by atoms with Crippen LogP contribution in [0.5, 0.6) is 0 Å². The number of anilines is 1. The number of nitrogens with one attached hydrogen (secondary N) is 3. The van der Waals surface area contributed by atoms with E-state index in [2.05, 4.69) is 12.2 Å². The fourth-order valence-corrected chi connectivity index (χ4v) is 6.24. The Morgan fingerprint density at radius 3 is 2.58 bits per heavy atom. The third kappa shape index (κ3) is 4.92. The fourth-order valence-electron chi connectivity index (χ4n) is 6.24. The van der Waals surface area contributed by atoms with Crippen molar-refractivity contribution in [3.8, 4) is 0 Å². The summed E-state index contributed by atoms with van der Waals surface area (Å²) < 4.78 is 48.3. The van der Waals surface area contributed by atoms with Crippen molar-refractivity contribution in [1.82, 2.24) is 10.2 Å². The van der Waals surface area contributed by atoms with Crippen LogP contribution in [0.2, 0.25) is 0 Å². The monoisotopic (exact) mass is 555 g/mol. The molecule has 10 heteroatoms. The molecule has 0 bridgehead atoms. The number of ether oxygens (including phenoxy) is 1. The van der Waals surface area contributed by atoms with E-state index < -0.39 is 23.1 Å². The van der Waals surface area contributed by atoms with Crippen molar-refractivity contribution in [2.75, 3.05) is 18.6 Å². The standard InChI is InChI=1S/C30H36F3N5O2/c1-4-40-22-14-29(15-22,27(35)37(3)18-34)20-7-5-8-21(13-20)38-17-24-23(26(38)39)11-19(12-25(24)30(31,32)33)16-36-28(2)9-6-10-28/h5,7-8,11-13,18,22,34-36H,4,6,9-10,14-17H2,1-3H3/t22-,29+. The van der Waals surface area contributed by atoms with Gasteiger partial charge in [-0.2, -0.15) is 13.2 Å². The van der Waals surface area contributed by atoms with Crippen LogP contribution in [-0.2, 0) is 29.4 Å². The van der Waals surface area contributed by atoms with E-state index in [1.54, 1.807) is 31.3 Å². The van der Waals surface area contributed by atoms with Gasteiger partial charge in [0.2, 0.25) is 0 Å². The number of carbonyl (C=O) groups is 1. The van der Waals surface area contributed by atoms with E-state index in [1.807, 2.05) is 13.0 Å². The zero-order valence-corrected chi connectivity index (χ0v) is 23.1. The van der Waals surface area contributed by atoms with Crippen molar-refractivity contribution in [2.45, 2.75) is 82.3 Å². The molecule has 0 saturated heterocycles. The van der Waals surface area contributed by atoms with Crippen molar-refractivity contribution in [1.29, 1.82) is 10.8 Å². The van der Waals surface area contributed by atoms with Crippen LogP contribution < -0.4 is 10.2 Å². The molecule has 1 aliphatic heterocycles. The number of hydrogen-bond acceptors (Lipinski definition) is 5. The number of benzene rings is 2. The predicted molar refractivity (Wildman–Crippen MR) is 148 cm³/mol. The molecule has 2 aromatic rings. The van der Waals surface area contributed by atoms with Crippen LogP contribution in [0.4, 0.5) is 18.9 Å². The fraction of sp³-hybridized carbons (Fsp3) is 0.500. The maximum Gasteiger partial charge on any atom is 0.416 e. The maximum atomic E-state index is 14.2. The number of carbonyl (C=O) groups excluding carboxylic acids is 1. The summed E-state index contributed by atoms with van der Waals surface area (Å²) in [5.41, 5.74) is 0.224. The van der Waals surface area contributed by atoms with E-state index >= 15 is 0 Å². The molecule has 1 amide bonds. The van der Waals surface area contributed by atoms with Gasteiger partial charge in [-0.25, -0.2) is 0 Å². The molecule has 2 fully saturated rings. The van der Waals surface area contributed by atoms with Crippen LogP contribution in [0.3, 0.4) is 0 Å². The maximum absolute atomic E-state index is 14.2. The van der Waals surface area contributed by atoms with Gasteiger partial charge in [0, 0.05) is 37.0 Å². The Hall–Kier alpha value is -3.24. The zero-order chi connectivity index (χ0) is 28.9. The molecule has 0 radical (unpaired) electrons. The van der Waals surface area contributed by atoms with Gasteiger partial charge < -0.3 is 19.9 Å². The van der Waals surface area contributed by atoms with Crippen LogP contribution in [-0.4, -0.2) is 48.3 Å². The summed E-state index contributed by atoms with van der Waals surface area (Å²) in [7, 11) is 1.64. The molecule has 0 aromatic heterocycles. The van der Waals surface area contributed by atoms with Crippen molar-refractivity contribution < 1.29 is 22.7 Å². The van der Waals surface area contributed by atoms with E-state index in [4.69, 9.17) is 15.6 Å². The van der Waals surface area contributed by atoms with Crippen molar-refractivity contribution in [3.63, 3.8) is 0 Å². The van der Waals surface area contributed by atoms with Crippen LogP contribution in [0.1, 0.15) is 78.6 Å². The highest BCUT2D eigenvalue weighted by molar-refractivity contribution is 6.10. The first-order chi connectivity index (χ1) is 18.9. The molecule has 1 heterocycles. The van der Waals surface area contributed by atoms with Gasteiger partial charge in [0.1, 0.15) is 5.84 Å². The van der Waals surface area contributed by atoms with Gasteiger partial charge in [-0.05, 0) is 86.9 Å². The summed E-state index contributed by atoms with van der Waals surface area (Å²) in [5.74, 6) is -0.223. The van der Waals surface area contributed by atoms with E-state index in [1.165, 1.54) is 15.9 Å². The van der Waals surface area contributed by atoms with E-state index in [-0.39, 0.29) is 41.7 Å². The summed E-state index contributed by atoms with van der Waals surface area (Å²) in [5, 5.41) is 19.8. The number of hydrogen-bond donors (Lipinski definition) is 3. The highest BCUT2D eigenvalue weighted by atomic mass is 19.4. The average molecular weight is 556 g/mol. The quantitative estimate of drug-likeness (QED) is 0.267. The smallest absolute Gasteiger partial charge is 0.378 e. The number of amidine groups is 1. The first kappa shape index (κ1) is 28.3. The third-order valence-corrected chi connectivity index (χ3v) is 8.85. The van der Waals surface area contributed by atoms with E-state index in [0.717, 1.165) is 31.2 Å². The van der Waals surface area contributed by atoms with Crippen molar-refractivity contribution in [2.24, 2.45) is 0 Å². The third-order valence-electron chi connectivity index (χ3n) is 8.85. The topological polar surface area (TPSA) is 92.5 Å². The number of rotatable bonds is 9. The number of amides is 1. The highest BCUT2D eigenvalue weighted by Crippen LogP contribution is 2.48. The summed E-state index contributed by atoms with van der Waals surface area (Å²) in [6, 6.07) is 9.93. The molecule has 0 unspecified atom stereocenters. The van der Waals surface area contributed by atoms with Gasteiger partial charge in [0.25, 0.3) is 5.91 Å². The first-order valence-corrected chi connectivity index (χ1v) is 13.8. The summed E-state index contributed by atoms with van der Waals surface area (Å²) >= 11 is 0. The van der Waals surface area contributed by atoms with Gasteiger partial charge in [0.15, 0.2) is 0 Å². The molecule has 3 aliphatic rings. The summed E-state index contributed by atoms with van der Waals surface area (Å²) in [4.78, 5) is 16.4. The summed E-state index contributed by atoms with van der Waals surface area (Å²) in [6.45, 7) is 4.62. The molecule has 40 heavy (non-hydrogen) atoms. The minimum absolute atomic E-state index is 0.00689. The lowest BCUT2D eigenvalue weighted by atomic mass is 9.61. The van der Waals surface area contributed by atoms with Gasteiger partial charge in [0.05, 0.1) is 30.0 Å². The molecule has 2 aromatic carbocycles. The van der Waals surface area contributed by atoms with Crippen LogP contribution >= 0.6 is 0 Å². The van der Waals surface area contributed by atoms with E-state index in [9.17, 15) is 18.0 Å².